The van der Waals surface area contributed by atoms with E-state index in [-0.39, 0.29) is 18.6 Å². The molecule has 1 N–H and O–H groups in total. The first-order valence-corrected chi connectivity index (χ1v) is 7.09. The molecule has 0 aliphatic rings. The van der Waals surface area contributed by atoms with E-state index in [0.29, 0.717) is 0 Å². The highest BCUT2D eigenvalue weighted by atomic mass is 19.2. The summed E-state index contributed by atoms with van der Waals surface area (Å²) in [5.41, 5.74) is -0.651. The van der Waals surface area contributed by atoms with Gasteiger partial charge in [0.1, 0.15) is 5.60 Å². The van der Waals surface area contributed by atoms with Gasteiger partial charge in [0.15, 0.2) is 17.4 Å². The van der Waals surface area contributed by atoms with E-state index in [9.17, 15) is 18.4 Å². The minimum atomic E-state index is -1.10. The number of amides is 1. The van der Waals surface area contributed by atoms with Crippen LogP contribution in [-0.4, -0.2) is 37.2 Å². The summed E-state index contributed by atoms with van der Waals surface area (Å²) in [4.78, 5) is 23.9. The van der Waals surface area contributed by atoms with Crippen LogP contribution in [0.15, 0.2) is 18.2 Å². The maximum Gasteiger partial charge on any atom is 0.407 e. The van der Waals surface area contributed by atoms with E-state index < -0.39 is 35.2 Å². The SMILES string of the molecule is COCC(CC(=O)c1ccc(F)c(F)c1)NC(=O)OC(C)(C)C. The molecule has 0 radical (unpaired) electrons. The lowest BCUT2D eigenvalue weighted by Crippen LogP contribution is -2.42. The number of alkyl carbamates (subject to hydrolysis) is 1. The third kappa shape index (κ3) is 6.73. The highest BCUT2D eigenvalue weighted by molar-refractivity contribution is 5.96. The van der Waals surface area contributed by atoms with Crippen LogP contribution in [0.3, 0.4) is 0 Å². The Morgan fingerprint density at radius 3 is 2.39 bits per heavy atom. The summed E-state index contributed by atoms with van der Waals surface area (Å²) in [6, 6.07) is 2.26. The third-order valence-electron chi connectivity index (χ3n) is 2.76. The van der Waals surface area contributed by atoms with Gasteiger partial charge in [0.2, 0.25) is 0 Å². The Hall–Kier alpha value is -2.02. The lowest BCUT2D eigenvalue weighted by atomic mass is 10.0. The molecule has 0 fully saturated rings. The topological polar surface area (TPSA) is 64.6 Å². The van der Waals surface area contributed by atoms with Gasteiger partial charge in [0.05, 0.1) is 12.6 Å². The molecule has 0 saturated carbocycles. The Morgan fingerprint density at radius 1 is 1.22 bits per heavy atom. The summed E-state index contributed by atoms with van der Waals surface area (Å²) in [6.07, 6.45) is -0.810. The van der Waals surface area contributed by atoms with Crippen molar-refractivity contribution in [3.63, 3.8) is 0 Å². The van der Waals surface area contributed by atoms with Crippen LogP contribution in [0.25, 0.3) is 0 Å². The zero-order valence-corrected chi connectivity index (χ0v) is 13.6. The van der Waals surface area contributed by atoms with E-state index in [0.717, 1.165) is 12.1 Å². The number of carbonyl (C=O) groups excluding carboxylic acids is 2. The molecule has 7 heteroatoms. The van der Waals surface area contributed by atoms with Crippen molar-refractivity contribution in [2.24, 2.45) is 0 Å². The number of rotatable bonds is 6. The lowest BCUT2D eigenvalue weighted by molar-refractivity contribution is 0.0464. The van der Waals surface area contributed by atoms with Crippen LogP contribution in [0, 0.1) is 11.6 Å². The van der Waals surface area contributed by atoms with Crippen molar-refractivity contribution in [3.8, 4) is 0 Å². The number of hydrogen-bond acceptors (Lipinski definition) is 4. The monoisotopic (exact) mass is 329 g/mol. The Morgan fingerprint density at radius 2 is 1.87 bits per heavy atom. The molecular weight excluding hydrogens is 308 g/mol. The van der Waals surface area contributed by atoms with Crippen LogP contribution >= 0.6 is 0 Å². The Labute approximate surface area is 134 Å². The van der Waals surface area contributed by atoms with E-state index in [2.05, 4.69) is 5.32 Å². The summed E-state index contributed by atoms with van der Waals surface area (Å²) in [5.74, 6) is -2.57. The quantitative estimate of drug-likeness (QED) is 0.815. The van der Waals surface area contributed by atoms with Gasteiger partial charge in [-0.15, -0.1) is 0 Å². The van der Waals surface area contributed by atoms with Crippen molar-refractivity contribution in [2.45, 2.75) is 38.8 Å². The van der Waals surface area contributed by atoms with Crippen LogP contribution in [-0.2, 0) is 9.47 Å². The molecule has 1 amide bonds. The Balaban J connectivity index is 2.72. The molecule has 1 aromatic rings. The summed E-state index contributed by atoms with van der Waals surface area (Å²) in [7, 11) is 1.42. The molecule has 23 heavy (non-hydrogen) atoms. The number of ketones is 1. The smallest absolute Gasteiger partial charge is 0.407 e. The maximum atomic E-state index is 13.2. The van der Waals surface area contributed by atoms with E-state index >= 15 is 0 Å². The van der Waals surface area contributed by atoms with E-state index in [1.165, 1.54) is 13.2 Å². The molecule has 1 atom stereocenters. The van der Waals surface area contributed by atoms with Crippen LogP contribution in [0.1, 0.15) is 37.6 Å². The second-order valence-electron chi connectivity index (χ2n) is 6.05. The minimum Gasteiger partial charge on any atom is -0.444 e. The van der Waals surface area contributed by atoms with Gasteiger partial charge in [-0.1, -0.05) is 0 Å². The predicted octanol–water partition coefficient (Wildman–Crippen LogP) is 3.08. The predicted molar refractivity (Wildman–Crippen MR) is 80.3 cm³/mol. The van der Waals surface area contributed by atoms with Gasteiger partial charge in [-0.2, -0.15) is 0 Å². The van der Waals surface area contributed by atoms with E-state index in [4.69, 9.17) is 9.47 Å². The zero-order valence-electron chi connectivity index (χ0n) is 13.6. The molecule has 5 nitrogen and oxygen atoms in total. The number of nitrogens with one attached hydrogen (secondary N) is 1. The van der Waals surface area contributed by atoms with Crippen molar-refractivity contribution < 1.29 is 27.8 Å². The van der Waals surface area contributed by atoms with E-state index in [1.807, 2.05) is 0 Å². The summed E-state index contributed by atoms with van der Waals surface area (Å²) in [5, 5.41) is 2.53. The van der Waals surface area contributed by atoms with Crippen LogP contribution in [0.4, 0.5) is 13.6 Å². The van der Waals surface area contributed by atoms with Gasteiger partial charge in [-0.05, 0) is 39.0 Å². The maximum absolute atomic E-state index is 13.2. The van der Waals surface area contributed by atoms with Gasteiger partial charge in [0.25, 0.3) is 0 Å². The highest BCUT2D eigenvalue weighted by Crippen LogP contribution is 2.12. The fraction of sp³-hybridized carbons (Fsp3) is 0.500. The first-order valence-electron chi connectivity index (χ1n) is 7.09. The second kappa shape index (κ2) is 8.01. The van der Waals surface area contributed by atoms with Crippen molar-refractivity contribution in [1.82, 2.24) is 5.32 Å². The fourth-order valence-corrected chi connectivity index (χ4v) is 1.84. The van der Waals surface area contributed by atoms with E-state index in [1.54, 1.807) is 20.8 Å². The molecule has 1 unspecified atom stereocenters. The minimum absolute atomic E-state index is 0.0241. The number of ether oxygens (including phenoxy) is 2. The lowest BCUT2D eigenvalue weighted by Gasteiger charge is -2.23. The summed E-state index contributed by atoms with van der Waals surface area (Å²) >= 11 is 0. The van der Waals surface area contributed by atoms with Crippen molar-refractivity contribution in [2.75, 3.05) is 13.7 Å². The molecule has 1 aromatic carbocycles. The average molecular weight is 329 g/mol. The molecule has 0 bridgehead atoms. The summed E-state index contributed by atoms with van der Waals surface area (Å²) in [6.45, 7) is 5.22. The Bertz CT molecular complexity index is 570. The molecule has 0 saturated heterocycles. The molecule has 0 aromatic heterocycles. The van der Waals surface area contributed by atoms with Crippen molar-refractivity contribution in [1.29, 1.82) is 0 Å². The van der Waals surface area contributed by atoms with Crippen LogP contribution in [0.2, 0.25) is 0 Å². The molecule has 0 heterocycles. The van der Waals surface area contributed by atoms with Crippen LogP contribution in [0.5, 0.6) is 0 Å². The largest absolute Gasteiger partial charge is 0.444 e. The molecule has 0 aliphatic heterocycles. The van der Waals surface area contributed by atoms with Gasteiger partial charge in [-0.3, -0.25) is 4.79 Å². The number of carbonyl (C=O) groups is 2. The highest BCUT2D eigenvalue weighted by Gasteiger charge is 2.22. The Kier molecular flexibility index (Phi) is 6.62. The molecule has 0 spiro atoms. The zero-order chi connectivity index (χ0) is 17.6. The van der Waals surface area contributed by atoms with Gasteiger partial charge >= 0.3 is 6.09 Å². The van der Waals surface area contributed by atoms with Crippen LogP contribution < -0.4 is 5.32 Å². The second-order valence-corrected chi connectivity index (χ2v) is 6.05. The first-order chi connectivity index (χ1) is 10.6. The normalized spacial score (nSPS) is 12.6. The molecule has 128 valence electrons. The fourth-order valence-electron chi connectivity index (χ4n) is 1.84. The number of hydrogen-bond donors (Lipinski definition) is 1. The molecule has 1 rings (SSSR count). The average Bonchev–Trinajstić information content (AvgIpc) is 2.39. The summed E-state index contributed by atoms with van der Waals surface area (Å²) < 4.78 is 36.1. The van der Waals surface area contributed by atoms with Crippen molar-refractivity contribution >= 4 is 11.9 Å². The van der Waals surface area contributed by atoms with Crippen molar-refractivity contribution in [3.05, 3.63) is 35.4 Å². The number of halogens is 2. The number of methoxy groups -OCH3 is 1. The van der Waals surface area contributed by atoms with Gasteiger partial charge in [0, 0.05) is 19.1 Å². The standard InChI is InChI=1S/C16H21F2NO4/c1-16(2,3)23-15(21)19-11(9-22-4)8-14(20)10-5-6-12(17)13(18)7-10/h5-7,11H,8-9H2,1-4H3,(H,19,21). The number of Topliss-reactive ketones (excluding diaryl/α,β-unsaturated/α-hetero) is 1. The molecular formula is C16H21F2NO4. The first kappa shape index (κ1) is 19.0. The molecule has 0 aliphatic carbocycles. The van der Waals surface area contributed by atoms with Gasteiger partial charge in [-0.25, -0.2) is 13.6 Å². The number of benzene rings is 1. The third-order valence-corrected chi connectivity index (χ3v) is 2.76. The van der Waals surface area contributed by atoms with Gasteiger partial charge < -0.3 is 14.8 Å².